The van der Waals surface area contributed by atoms with Crippen molar-refractivity contribution >= 4 is 35.4 Å². The molecule has 2 aromatic carbocycles. The van der Waals surface area contributed by atoms with E-state index in [-0.39, 0.29) is 49.8 Å². The Bertz CT molecular complexity index is 1500. The Kier molecular flexibility index (Phi) is 16.8. The van der Waals surface area contributed by atoms with Gasteiger partial charge in [-0.15, -0.1) is 0 Å². The molecule has 2 amide bonds. The Labute approximate surface area is 302 Å². The number of amides is 2. The van der Waals surface area contributed by atoms with Crippen LogP contribution in [-0.4, -0.2) is 85.2 Å². The third kappa shape index (κ3) is 13.8. The molecule has 4 atom stereocenters. The average Bonchev–Trinajstić information content (AvgIpc) is 3.08. The van der Waals surface area contributed by atoms with Gasteiger partial charge in [-0.25, -0.2) is 9.59 Å². The van der Waals surface area contributed by atoms with Gasteiger partial charge >= 0.3 is 12.2 Å². The van der Waals surface area contributed by atoms with Gasteiger partial charge in [0.05, 0.1) is 25.4 Å². The molecule has 0 aromatic heterocycles. The normalized spacial score (nSPS) is 18.7. The molecule has 2 aliphatic heterocycles. The number of hydrogen-bond acceptors (Lipinski definition) is 7. The molecule has 2 saturated heterocycles. The number of azide groups is 2. The van der Waals surface area contributed by atoms with Crippen molar-refractivity contribution in [1.29, 1.82) is 0 Å². The number of carbonyl (C=O) groups is 2. The fourth-order valence-electron chi connectivity index (χ4n) is 6.09. The van der Waals surface area contributed by atoms with Crippen molar-refractivity contribution in [3.63, 3.8) is 0 Å². The summed E-state index contributed by atoms with van der Waals surface area (Å²) in [4.78, 5) is 32.3. The molecule has 0 saturated carbocycles. The number of carbonyl (C=O) groups excluding carboxylic acids is 1. The van der Waals surface area contributed by atoms with Crippen LogP contribution in [0.2, 0.25) is 10.0 Å². The Balaban J connectivity index is 0.000000274. The smallest absolute Gasteiger partial charge is 0.410 e. The molecule has 0 spiro atoms. The summed E-state index contributed by atoms with van der Waals surface area (Å²) in [5.41, 5.74) is 18.1. The van der Waals surface area contributed by atoms with E-state index in [0.29, 0.717) is 42.8 Å². The maximum Gasteiger partial charge on any atom is 0.410 e. The van der Waals surface area contributed by atoms with Gasteiger partial charge in [0, 0.05) is 71.0 Å². The fourth-order valence-corrected chi connectivity index (χ4v) is 6.48. The molecule has 4 rings (SSSR count). The molecular weight excluding hydrogens is 687 g/mol. The SMILES string of the molecule is CC(C)(C)OC(=O)N1CCC[C@@H]([C@@H](OCCN=[N+]=[N-])c2cccc(Cl)c2)C1.[N-]=[N+]=NCCO[C@@H](c1cccc(Cl)c1)C1CCCN(C(=O)O)C1. The van der Waals surface area contributed by atoms with Crippen LogP contribution in [0.1, 0.15) is 69.8 Å². The van der Waals surface area contributed by atoms with E-state index in [4.69, 9.17) is 48.5 Å². The maximum absolute atomic E-state index is 12.5. The number of nitrogens with zero attached hydrogens (tertiary/aromatic N) is 8. The van der Waals surface area contributed by atoms with Crippen LogP contribution in [0.4, 0.5) is 9.59 Å². The van der Waals surface area contributed by atoms with Gasteiger partial charge in [0.1, 0.15) is 5.60 Å². The summed E-state index contributed by atoms with van der Waals surface area (Å²) < 4.78 is 17.5. The van der Waals surface area contributed by atoms with E-state index in [9.17, 15) is 14.7 Å². The predicted molar refractivity (Wildman–Crippen MR) is 191 cm³/mol. The number of halogens is 2. The molecule has 1 unspecified atom stereocenters. The number of piperidine rings is 2. The first-order valence-electron chi connectivity index (χ1n) is 16.6. The van der Waals surface area contributed by atoms with Crippen LogP contribution in [0.5, 0.6) is 0 Å². The number of hydrogen-bond donors (Lipinski definition) is 1. The van der Waals surface area contributed by atoms with Gasteiger partial charge in [-0.2, -0.15) is 0 Å². The molecule has 2 aliphatic rings. The minimum absolute atomic E-state index is 0.0457. The molecule has 16 heteroatoms. The zero-order valence-electron chi connectivity index (χ0n) is 28.7. The Morgan fingerprint density at radius 3 is 1.74 bits per heavy atom. The van der Waals surface area contributed by atoms with Crippen LogP contribution in [0.25, 0.3) is 20.9 Å². The van der Waals surface area contributed by atoms with Gasteiger partial charge in [-0.3, -0.25) is 0 Å². The third-order valence-corrected chi connectivity index (χ3v) is 8.62. The standard InChI is InChI=1S/C19H27ClN4O3.C15H19ClN4O3/c1-19(2,3)27-18(25)24-10-5-7-15(13-24)17(26-11-9-22-23-21)14-6-4-8-16(20)12-14;16-13-5-1-3-11(9-13)14(23-8-6-18-19-17)12-4-2-7-20(10-12)15(21)22/h4,6,8,12,15,17H,5,7,9-11,13H2,1-3H3;1,3,5,9,12,14H,2,4,6-8,10H2,(H,21,22)/t15-,17+;12?,14-/m10/s1. The highest BCUT2D eigenvalue weighted by molar-refractivity contribution is 6.30. The van der Waals surface area contributed by atoms with Crippen LogP contribution >= 0.6 is 23.2 Å². The van der Waals surface area contributed by atoms with Crippen molar-refractivity contribution < 1.29 is 28.9 Å². The quantitative estimate of drug-likeness (QED) is 0.0979. The average molecular weight is 734 g/mol. The summed E-state index contributed by atoms with van der Waals surface area (Å²) in [6.07, 6.45) is 1.77. The summed E-state index contributed by atoms with van der Waals surface area (Å²) in [5.74, 6) is 0.153. The van der Waals surface area contributed by atoms with Gasteiger partial charge in [0.2, 0.25) is 0 Å². The lowest BCUT2D eigenvalue weighted by molar-refractivity contribution is -0.0233. The van der Waals surface area contributed by atoms with E-state index in [1.54, 1.807) is 11.0 Å². The van der Waals surface area contributed by atoms with E-state index in [1.165, 1.54) is 4.90 Å². The van der Waals surface area contributed by atoms with Crippen LogP contribution in [-0.2, 0) is 14.2 Å². The minimum atomic E-state index is -0.909. The lowest BCUT2D eigenvalue weighted by Gasteiger charge is -2.37. The summed E-state index contributed by atoms with van der Waals surface area (Å²) in [6.45, 7) is 8.87. The number of ether oxygens (including phenoxy) is 3. The highest BCUT2D eigenvalue weighted by Gasteiger charge is 2.34. The molecule has 14 nitrogen and oxygen atoms in total. The largest absolute Gasteiger partial charge is 0.465 e. The number of carboxylic acid groups (broad SMARTS) is 1. The highest BCUT2D eigenvalue weighted by atomic mass is 35.5. The molecular formula is C34H46Cl2N8O6. The minimum Gasteiger partial charge on any atom is -0.465 e. The van der Waals surface area contributed by atoms with Crippen molar-refractivity contribution in [2.24, 2.45) is 22.1 Å². The monoisotopic (exact) mass is 732 g/mol. The molecule has 0 aliphatic carbocycles. The van der Waals surface area contributed by atoms with Crippen molar-refractivity contribution in [3.05, 3.63) is 90.6 Å². The predicted octanol–water partition coefficient (Wildman–Crippen LogP) is 9.45. The zero-order chi connectivity index (χ0) is 36.5. The van der Waals surface area contributed by atoms with Gasteiger partial charge in [-0.05, 0) is 92.9 Å². The number of rotatable bonds is 12. The van der Waals surface area contributed by atoms with Crippen LogP contribution in [0, 0.1) is 11.8 Å². The summed E-state index contributed by atoms with van der Waals surface area (Å²) >= 11 is 12.2. The zero-order valence-corrected chi connectivity index (χ0v) is 30.2. The fraction of sp³-hybridized carbons (Fsp3) is 0.588. The van der Waals surface area contributed by atoms with E-state index < -0.39 is 11.7 Å². The molecule has 0 radical (unpaired) electrons. The van der Waals surface area contributed by atoms with E-state index in [1.807, 2.05) is 63.2 Å². The second kappa shape index (κ2) is 20.7. The lowest BCUT2D eigenvalue weighted by Crippen LogP contribution is -2.44. The van der Waals surface area contributed by atoms with Crippen LogP contribution < -0.4 is 0 Å². The van der Waals surface area contributed by atoms with Crippen molar-refractivity contribution in [2.45, 2.75) is 64.3 Å². The van der Waals surface area contributed by atoms with Crippen LogP contribution in [0.15, 0.2) is 58.8 Å². The topological polar surface area (TPSA) is 186 Å². The first-order chi connectivity index (χ1) is 23.9. The molecule has 0 bridgehead atoms. The summed E-state index contributed by atoms with van der Waals surface area (Å²) in [5, 5.41) is 17.4. The van der Waals surface area contributed by atoms with Gasteiger partial charge in [0.25, 0.3) is 0 Å². The molecule has 1 N–H and O–H groups in total. The third-order valence-electron chi connectivity index (χ3n) is 8.15. The first kappa shape index (κ1) is 40.5. The van der Waals surface area contributed by atoms with Crippen molar-refractivity contribution in [3.8, 4) is 0 Å². The molecule has 2 aromatic rings. The Morgan fingerprint density at radius 1 is 0.860 bits per heavy atom. The molecule has 2 fully saturated rings. The molecule has 272 valence electrons. The number of benzene rings is 2. The second-order valence-electron chi connectivity index (χ2n) is 13.1. The van der Waals surface area contributed by atoms with Crippen molar-refractivity contribution in [1.82, 2.24) is 9.80 Å². The van der Waals surface area contributed by atoms with Crippen molar-refractivity contribution in [2.75, 3.05) is 52.5 Å². The number of likely N-dealkylation sites (tertiary alicyclic amines) is 2. The van der Waals surface area contributed by atoms with Gasteiger partial charge < -0.3 is 29.1 Å². The van der Waals surface area contributed by atoms with Gasteiger partial charge in [0.15, 0.2) is 0 Å². The Hall–Kier alpha value is -3.90. The van der Waals surface area contributed by atoms with Gasteiger partial charge in [-0.1, -0.05) is 57.7 Å². The second-order valence-corrected chi connectivity index (χ2v) is 13.9. The lowest BCUT2D eigenvalue weighted by atomic mass is 9.88. The van der Waals surface area contributed by atoms with E-state index in [0.717, 1.165) is 36.8 Å². The molecule has 2 heterocycles. The molecule has 50 heavy (non-hydrogen) atoms. The summed E-state index contributed by atoms with van der Waals surface area (Å²) in [7, 11) is 0. The first-order valence-corrected chi connectivity index (χ1v) is 17.4. The summed E-state index contributed by atoms with van der Waals surface area (Å²) in [6, 6.07) is 14.9. The van der Waals surface area contributed by atoms with E-state index in [2.05, 4.69) is 20.1 Å². The maximum atomic E-state index is 12.5. The van der Waals surface area contributed by atoms with E-state index >= 15 is 0 Å². The Morgan fingerprint density at radius 2 is 1.32 bits per heavy atom. The van der Waals surface area contributed by atoms with Crippen LogP contribution in [0.3, 0.4) is 0 Å². The highest BCUT2D eigenvalue weighted by Crippen LogP contribution is 2.35.